The van der Waals surface area contributed by atoms with Crippen molar-refractivity contribution in [2.75, 3.05) is 23.7 Å². The van der Waals surface area contributed by atoms with Crippen LogP contribution < -0.4 is 10.6 Å². The molecule has 0 atom stereocenters. The Morgan fingerprint density at radius 1 is 1.31 bits per heavy atom. The summed E-state index contributed by atoms with van der Waals surface area (Å²) in [5.74, 6) is 0.924. The summed E-state index contributed by atoms with van der Waals surface area (Å²) in [7, 11) is 0. The Morgan fingerprint density at radius 2 is 2.06 bits per heavy atom. The van der Waals surface area contributed by atoms with Crippen LogP contribution >= 0.6 is 0 Å². The van der Waals surface area contributed by atoms with Crippen molar-refractivity contribution in [1.82, 2.24) is 0 Å². The van der Waals surface area contributed by atoms with Gasteiger partial charge in [-0.3, -0.25) is 0 Å². The molecule has 88 valence electrons. The Morgan fingerprint density at radius 3 is 2.62 bits per heavy atom. The normalized spacial score (nSPS) is 15.1. The number of nitrogens with zero attached hydrogens (tertiary/aromatic N) is 1. The minimum Gasteiger partial charge on any atom is -0.399 e. The summed E-state index contributed by atoms with van der Waals surface area (Å²) < 4.78 is 0. The molecule has 0 saturated heterocycles. The average Bonchev–Trinajstić information content (AvgIpc) is 2.99. The molecule has 0 amide bonds. The highest BCUT2D eigenvalue weighted by Crippen LogP contribution is 2.32. The van der Waals surface area contributed by atoms with E-state index >= 15 is 0 Å². The van der Waals surface area contributed by atoms with E-state index in [1.807, 2.05) is 6.07 Å². The predicted molar refractivity (Wildman–Crippen MR) is 70.8 cm³/mol. The van der Waals surface area contributed by atoms with Crippen LogP contribution in [0.25, 0.3) is 0 Å². The first-order valence-corrected chi connectivity index (χ1v) is 6.31. The molecule has 2 nitrogen and oxygen atoms in total. The Hall–Kier alpha value is -1.18. The molecular formula is C14H22N2. The van der Waals surface area contributed by atoms with Crippen molar-refractivity contribution in [3.05, 3.63) is 23.8 Å². The van der Waals surface area contributed by atoms with Gasteiger partial charge in [-0.2, -0.15) is 0 Å². The number of hydrogen-bond donors (Lipinski definition) is 1. The number of benzene rings is 1. The molecule has 0 unspecified atom stereocenters. The van der Waals surface area contributed by atoms with E-state index in [-0.39, 0.29) is 0 Å². The third kappa shape index (κ3) is 2.91. The van der Waals surface area contributed by atoms with E-state index in [2.05, 4.69) is 30.9 Å². The van der Waals surface area contributed by atoms with Gasteiger partial charge in [0, 0.05) is 24.5 Å². The first kappa shape index (κ1) is 11.3. The van der Waals surface area contributed by atoms with Crippen molar-refractivity contribution in [2.24, 2.45) is 5.92 Å². The van der Waals surface area contributed by atoms with E-state index in [9.17, 15) is 0 Å². The van der Waals surface area contributed by atoms with Gasteiger partial charge in [-0.15, -0.1) is 0 Å². The monoisotopic (exact) mass is 218 g/mol. The molecule has 0 aromatic heterocycles. The third-order valence-electron chi connectivity index (χ3n) is 3.12. The molecule has 2 rings (SSSR count). The van der Waals surface area contributed by atoms with E-state index in [1.165, 1.54) is 37.1 Å². The minimum atomic E-state index is 0.881. The fourth-order valence-electron chi connectivity index (χ4n) is 2.18. The molecule has 0 radical (unpaired) electrons. The van der Waals surface area contributed by atoms with E-state index < -0.39 is 0 Å². The summed E-state index contributed by atoms with van der Waals surface area (Å²) in [6, 6.07) is 6.38. The van der Waals surface area contributed by atoms with E-state index in [1.54, 1.807) is 0 Å². The zero-order chi connectivity index (χ0) is 11.5. The van der Waals surface area contributed by atoms with E-state index in [4.69, 9.17) is 5.73 Å². The van der Waals surface area contributed by atoms with Crippen LogP contribution in [0.3, 0.4) is 0 Å². The molecule has 16 heavy (non-hydrogen) atoms. The summed E-state index contributed by atoms with van der Waals surface area (Å²) >= 11 is 0. The largest absolute Gasteiger partial charge is 0.399 e. The van der Waals surface area contributed by atoms with Crippen molar-refractivity contribution < 1.29 is 0 Å². The summed E-state index contributed by atoms with van der Waals surface area (Å²) in [6.07, 6.45) is 4.00. The maximum absolute atomic E-state index is 5.91. The minimum absolute atomic E-state index is 0.881. The Balaban J connectivity index is 2.15. The fourth-order valence-corrected chi connectivity index (χ4v) is 2.18. The molecule has 1 aliphatic carbocycles. The molecular weight excluding hydrogens is 196 g/mol. The topological polar surface area (TPSA) is 29.3 Å². The second-order valence-corrected chi connectivity index (χ2v) is 4.99. The highest BCUT2D eigenvalue weighted by molar-refractivity contribution is 5.58. The maximum Gasteiger partial charge on any atom is 0.0389 e. The first-order chi connectivity index (χ1) is 7.69. The number of nitrogens with two attached hydrogens (primary N) is 1. The standard InChI is InChI=1S/C14H22N2/c1-3-6-16(10-12-4-5-12)14-8-11(2)7-13(15)9-14/h7-9,12H,3-6,10,15H2,1-2H3. The summed E-state index contributed by atoms with van der Waals surface area (Å²) in [5, 5.41) is 0. The Bertz CT molecular complexity index is 336. The van der Waals surface area contributed by atoms with Crippen LogP contribution in [-0.4, -0.2) is 13.1 Å². The molecule has 1 aliphatic rings. The lowest BCUT2D eigenvalue weighted by Crippen LogP contribution is -2.26. The Labute approximate surface area is 98.4 Å². The predicted octanol–water partition coefficient (Wildman–Crippen LogP) is 3.20. The van der Waals surface area contributed by atoms with Gasteiger partial charge in [-0.1, -0.05) is 6.92 Å². The quantitative estimate of drug-likeness (QED) is 0.769. The molecule has 1 aromatic rings. The second-order valence-electron chi connectivity index (χ2n) is 4.99. The number of rotatable bonds is 5. The van der Waals surface area contributed by atoms with Gasteiger partial charge >= 0.3 is 0 Å². The molecule has 0 heterocycles. The zero-order valence-electron chi connectivity index (χ0n) is 10.4. The third-order valence-corrected chi connectivity index (χ3v) is 3.12. The first-order valence-electron chi connectivity index (χ1n) is 6.31. The molecule has 0 aliphatic heterocycles. The van der Waals surface area contributed by atoms with Crippen LogP contribution in [0.4, 0.5) is 11.4 Å². The van der Waals surface area contributed by atoms with Gasteiger partial charge in [0.1, 0.15) is 0 Å². The van der Waals surface area contributed by atoms with Gasteiger partial charge in [0.25, 0.3) is 0 Å². The number of anilines is 2. The van der Waals surface area contributed by atoms with Gasteiger partial charge < -0.3 is 10.6 Å². The van der Waals surface area contributed by atoms with Gasteiger partial charge in [0.15, 0.2) is 0 Å². The van der Waals surface area contributed by atoms with Gasteiger partial charge in [0.05, 0.1) is 0 Å². The molecule has 1 saturated carbocycles. The highest BCUT2D eigenvalue weighted by atomic mass is 15.1. The SMILES string of the molecule is CCCN(CC1CC1)c1cc(C)cc(N)c1. The summed E-state index contributed by atoms with van der Waals surface area (Å²) in [4.78, 5) is 2.49. The van der Waals surface area contributed by atoms with E-state index in [0.29, 0.717) is 0 Å². The average molecular weight is 218 g/mol. The van der Waals surface area contributed by atoms with Gasteiger partial charge in [0.2, 0.25) is 0 Å². The van der Waals surface area contributed by atoms with Gasteiger partial charge in [-0.25, -0.2) is 0 Å². The van der Waals surface area contributed by atoms with Crippen LogP contribution in [0, 0.1) is 12.8 Å². The van der Waals surface area contributed by atoms with Crippen LogP contribution in [0.15, 0.2) is 18.2 Å². The molecule has 0 bridgehead atoms. The molecule has 0 spiro atoms. The lowest BCUT2D eigenvalue weighted by atomic mass is 10.1. The summed E-state index contributed by atoms with van der Waals surface area (Å²) in [6.45, 7) is 6.69. The van der Waals surface area contributed by atoms with Crippen molar-refractivity contribution >= 4 is 11.4 Å². The number of aryl methyl sites for hydroxylation is 1. The van der Waals surface area contributed by atoms with Crippen LogP contribution in [0.2, 0.25) is 0 Å². The van der Waals surface area contributed by atoms with Crippen molar-refractivity contribution in [3.8, 4) is 0 Å². The molecule has 1 aromatic carbocycles. The Kier molecular flexibility index (Phi) is 3.37. The van der Waals surface area contributed by atoms with Gasteiger partial charge in [-0.05, 0) is 55.9 Å². The lowest BCUT2D eigenvalue weighted by Gasteiger charge is -2.25. The van der Waals surface area contributed by atoms with Crippen molar-refractivity contribution in [1.29, 1.82) is 0 Å². The fraction of sp³-hybridized carbons (Fsp3) is 0.571. The van der Waals surface area contributed by atoms with Crippen molar-refractivity contribution in [2.45, 2.75) is 33.1 Å². The highest BCUT2D eigenvalue weighted by Gasteiger charge is 2.24. The lowest BCUT2D eigenvalue weighted by molar-refractivity contribution is 0.708. The molecule has 1 fully saturated rings. The van der Waals surface area contributed by atoms with E-state index in [0.717, 1.165) is 18.2 Å². The second kappa shape index (κ2) is 4.77. The number of nitrogen functional groups attached to an aromatic ring is 1. The maximum atomic E-state index is 5.91. The zero-order valence-corrected chi connectivity index (χ0v) is 10.4. The van der Waals surface area contributed by atoms with Crippen LogP contribution in [0.5, 0.6) is 0 Å². The summed E-state index contributed by atoms with van der Waals surface area (Å²) in [5.41, 5.74) is 9.35. The van der Waals surface area contributed by atoms with Crippen LogP contribution in [-0.2, 0) is 0 Å². The number of hydrogen-bond acceptors (Lipinski definition) is 2. The smallest absolute Gasteiger partial charge is 0.0389 e. The molecule has 2 N–H and O–H groups in total. The molecule has 2 heteroatoms. The van der Waals surface area contributed by atoms with Crippen LogP contribution in [0.1, 0.15) is 31.7 Å². The van der Waals surface area contributed by atoms with Crippen molar-refractivity contribution in [3.63, 3.8) is 0 Å².